The molecule has 0 saturated heterocycles. The highest BCUT2D eigenvalue weighted by Crippen LogP contribution is 2.44. The molecule has 186 valence electrons. The molecule has 2 aromatic carbocycles. The van der Waals surface area contributed by atoms with E-state index in [0.717, 1.165) is 30.0 Å². The molecule has 5 rings (SSSR count). The quantitative estimate of drug-likeness (QED) is 0.457. The van der Waals surface area contributed by atoms with Crippen molar-refractivity contribution in [1.29, 1.82) is 0 Å². The lowest BCUT2D eigenvalue weighted by atomic mass is 9.95. The number of hydrogen-bond donors (Lipinski definition) is 2. The molecule has 1 aliphatic heterocycles. The summed E-state index contributed by atoms with van der Waals surface area (Å²) in [6, 6.07) is 5.23. The number of nitrogens with zero attached hydrogens (tertiary/aromatic N) is 2. The molecule has 1 saturated carbocycles. The van der Waals surface area contributed by atoms with Crippen LogP contribution in [0.2, 0.25) is 0 Å². The van der Waals surface area contributed by atoms with E-state index in [9.17, 15) is 18.3 Å². The van der Waals surface area contributed by atoms with Gasteiger partial charge in [-0.05, 0) is 45.6 Å². The van der Waals surface area contributed by atoms with Crippen LogP contribution in [-0.2, 0) is 6.42 Å². The van der Waals surface area contributed by atoms with Crippen LogP contribution in [0.4, 0.5) is 19.0 Å². The van der Waals surface area contributed by atoms with Gasteiger partial charge in [0.2, 0.25) is 0 Å². The molecule has 0 amide bonds. The molecule has 1 aromatic heterocycles. The zero-order valence-corrected chi connectivity index (χ0v) is 19.7. The number of nitrogens with one attached hydrogen (secondary N) is 1. The largest absolute Gasteiger partial charge is 0.489 e. The Labute approximate surface area is 201 Å². The summed E-state index contributed by atoms with van der Waals surface area (Å²) in [5.41, 5.74) is 1.17. The highest BCUT2D eigenvalue weighted by molar-refractivity contribution is 5.95. The Hall–Kier alpha value is -3.07. The minimum absolute atomic E-state index is 0.0305. The predicted molar refractivity (Wildman–Crippen MR) is 126 cm³/mol. The number of fused-ring (bicyclic) bond motifs is 3. The molecular formula is C26H28F3N3O3. The number of benzene rings is 2. The number of hydrogen-bond acceptors (Lipinski definition) is 6. The second-order valence-corrected chi connectivity index (χ2v) is 9.26. The van der Waals surface area contributed by atoms with Gasteiger partial charge in [0.05, 0.1) is 35.9 Å². The van der Waals surface area contributed by atoms with Crippen molar-refractivity contribution in [1.82, 2.24) is 9.97 Å². The first kappa shape index (κ1) is 23.7. The summed E-state index contributed by atoms with van der Waals surface area (Å²) < 4.78 is 53.5. The Morgan fingerprint density at radius 2 is 1.89 bits per heavy atom. The molecule has 6 nitrogen and oxygen atoms in total. The molecule has 2 N–H and O–H groups in total. The normalized spacial score (nSPS) is 20.5. The summed E-state index contributed by atoms with van der Waals surface area (Å²) in [4.78, 5) is 9.20. The fraction of sp³-hybridized carbons (Fsp3) is 0.462. The Bertz CT molecular complexity index is 1250. The lowest BCUT2D eigenvalue weighted by Crippen LogP contribution is -2.26. The topological polar surface area (TPSA) is 76.5 Å². The molecule has 2 aliphatic rings. The van der Waals surface area contributed by atoms with E-state index in [4.69, 9.17) is 9.47 Å². The van der Waals surface area contributed by atoms with E-state index in [-0.39, 0.29) is 17.8 Å². The highest BCUT2D eigenvalue weighted by atomic mass is 19.3. The van der Waals surface area contributed by atoms with Gasteiger partial charge in [-0.15, -0.1) is 0 Å². The molecule has 1 aliphatic carbocycles. The van der Waals surface area contributed by atoms with Crippen LogP contribution in [-0.4, -0.2) is 33.9 Å². The summed E-state index contributed by atoms with van der Waals surface area (Å²) in [5, 5.41) is 13.7. The van der Waals surface area contributed by atoms with Gasteiger partial charge in [0.1, 0.15) is 17.5 Å². The maximum absolute atomic E-state index is 14.8. The van der Waals surface area contributed by atoms with Crippen molar-refractivity contribution in [2.75, 3.05) is 11.9 Å². The van der Waals surface area contributed by atoms with Crippen molar-refractivity contribution in [3.8, 4) is 11.5 Å². The van der Waals surface area contributed by atoms with E-state index in [0.29, 0.717) is 54.4 Å². The van der Waals surface area contributed by atoms with Crippen molar-refractivity contribution < 1.29 is 27.8 Å². The summed E-state index contributed by atoms with van der Waals surface area (Å²) in [6.07, 6.45) is 0.341. The Morgan fingerprint density at radius 1 is 1.14 bits per heavy atom. The lowest BCUT2D eigenvalue weighted by molar-refractivity contribution is 0.0652. The SMILES string of the molecule is Cc1nc(N[C@@H](C)c2cccc(C(F)F)c2F)c2cc(OC3CCC(O)CC3)c3c(c2n1)CCO3. The van der Waals surface area contributed by atoms with Crippen LogP contribution >= 0.6 is 0 Å². The standard InChI is InChI=1S/C26H28F3N3O3/c1-13(17-4-3-5-18(22(17)27)25(28)29)30-26-20-12-21(35-16-8-6-15(33)7-9-16)24-19(10-11-34-24)23(20)31-14(2)32-26/h3-5,12-13,15-16,25,33H,6-11H2,1-2H3,(H,30,31,32)/t13-,15?,16?/m0/s1. The maximum atomic E-state index is 14.8. The van der Waals surface area contributed by atoms with Gasteiger partial charge in [-0.25, -0.2) is 23.1 Å². The zero-order valence-electron chi connectivity index (χ0n) is 19.7. The smallest absolute Gasteiger partial charge is 0.266 e. The van der Waals surface area contributed by atoms with E-state index < -0.39 is 23.8 Å². The molecule has 0 bridgehead atoms. The number of aromatic nitrogens is 2. The first-order valence-corrected chi connectivity index (χ1v) is 12.0. The van der Waals surface area contributed by atoms with E-state index >= 15 is 0 Å². The minimum Gasteiger partial charge on any atom is -0.489 e. The van der Waals surface area contributed by atoms with Gasteiger partial charge in [0.15, 0.2) is 11.5 Å². The third kappa shape index (κ3) is 4.61. The molecule has 0 spiro atoms. The van der Waals surface area contributed by atoms with Gasteiger partial charge in [-0.2, -0.15) is 0 Å². The van der Waals surface area contributed by atoms with Crippen molar-refractivity contribution in [3.05, 3.63) is 52.6 Å². The first-order chi connectivity index (χ1) is 16.8. The van der Waals surface area contributed by atoms with E-state index in [1.54, 1.807) is 13.8 Å². The monoisotopic (exact) mass is 487 g/mol. The minimum atomic E-state index is -2.90. The van der Waals surface area contributed by atoms with E-state index in [1.807, 2.05) is 6.07 Å². The molecular weight excluding hydrogens is 459 g/mol. The molecule has 35 heavy (non-hydrogen) atoms. The molecule has 9 heteroatoms. The van der Waals surface area contributed by atoms with Crippen LogP contribution in [0.3, 0.4) is 0 Å². The lowest BCUT2D eigenvalue weighted by Gasteiger charge is -2.27. The molecule has 3 aromatic rings. The molecule has 0 unspecified atom stereocenters. The second kappa shape index (κ2) is 9.53. The fourth-order valence-electron chi connectivity index (χ4n) is 4.94. The molecule has 1 fully saturated rings. The molecule has 2 heterocycles. The van der Waals surface area contributed by atoms with Gasteiger partial charge < -0.3 is 19.9 Å². The van der Waals surface area contributed by atoms with Gasteiger partial charge in [0.25, 0.3) is 6.43 Å². The number of aryl methyl sites for hydroxylation is 1. The number of ether oxygens (including phenoxy) is 2. The average molecular weight is 488 g/mol. The third-order valence-corrected chi connectivity index (χ3v) is 6.77. The number of anilines is 1. The Morgan fingerprint density at radius 3 is 2.63 bits per heavy atom. The zero-order chi connectivity index (χ0) is 24.7. The molecule has 0 radical (unpaired) electrons. The van der Waals surface area contributed by atoms with Crippen LogP contribution in [0, 0.1) is 12.7 Å². The van der Waals surface area contributed by atoms with Crippen LogP contribution in [0.25, 0.3) is 10.9 Å². The van der Waals surface area contributed by atoms with E-state index in [1.165, 1.54) is 12.1 Å². The maximum Gasteiger partial charge on any atom is 0.266 e. The van der Waals surface area contributed by atoms with Gasteiger partial charge in [-0.1, -0.05) is 18.2 Å². The predicted octanol–water partition coefficient (Wildman–Crippen LogP) is 5.81. The summed E-state index contributed by atoms with van der Waals surface area (Å²) in [7, 11) is 0. The number of aliphatic hydroxyl groups is 1. The van der Waals surface area contributed by atoms with E-state index in [2.05, 4.69) is 15.3 Å². The van der Waals surface area contributed by atoms with Gasteiger partial charge in [-0.3, -0.25) is 0 Å². The fourth-order valence-corrected chi connectivity index (χ4v) is 4.94. The number of alkyl halides is 2. The van der Waals surface area contributed by atoms with Crippen molar-refractivity contribution in [2.45, 2.75) is 70.6 Å². The van der Waals surface area contributed by atoms with Crippen molar-refractivity contribution in [2.24, 2.45) is 0 Å². The van der Waals surface area contributed by atoms with Crippen LogP contribution < -0.4 is 14.8 Å². The summed E-state index contributed by atoms with van der Waals surface area (Å²) in [6.45, 7) is 3.99. The summed E-state index contributed by atoms with van der Waals surface area (Å²) >= 11 is 0. The summed E-state index contributed by atoms with van der Waals surface area (Å²) in [5.74, 6) is 1.35. The average Bonchev–Trinajstić information content (AvgIpc) is 3.32. The number of halogens is 3. The van der Waals surface area contributed by atoms with Crippen molar-refractivity contribution in [3.63, 3.8) is 0 Å². The van der Waals surface area contributed by atoms with Crippen molar-refractivity contribution >= 4 is 16.7 Å². The highest BCUT2D eigenvalue weighted by Gasteiger charge is 2.28. The second-order valence-electron chi connectivity index (χ2n) is 9.26. The van der Waals surface area contributed by atoms with Crippen LogP contribution in [0.15, 0.2) is 24.3 Å². The Balaban J connectivity index is 1.53. The Kier molecular flexibility index (Phi) is 6.44. The van der Waals surface area contributed by atoms with Gasteiger partial charge in [0, 0.05) is 22.9 Å². The van der Waals surface area contributed by atoms with Crippen LogP contribution in [0.5, 0.6) is 11.5 Å². The van der Waals surface area contributed by atoms with Gasteiger partial charge >= 0.3 is 0 Å². The number of aliphatic hydroxyl groups excluding tert-OH is 1. The third-order valence-electron chi connectivity index (χ3n) is 6.77. The first-order valence-electron chi connectivity index (χ1n) is 12.0. The number of rotatable bonds is 6. The molecule has 1 atom stereocenters. The van der Waals surface area contributed by atoms with Crippen LogP contribution in [0.1, 0.15) is 67.6 Å².